The molecule has 1 aliphatic heterocycles. The summed E-state index contributed by atoms with van der Waals surface area (Å²) in [6.07, 6.45) is 4.40. The van der Waals surface area contributed by atoms with Crippen LogP contribution in [0.15, 0.2) is 59.1 Å². The van der Waals surface area contributed by atoms with E-state index in [1.54, 1.807) is 13.3 Å². The Bertz CT molecular complexity index is 1020. The zero-order valence-electron chi connectivity index (χ0n) is 18.0. The van der Waals surface area contributed by atoms with Gasteiger partial charge in [-0.15, -0.1) is 0 Å². The number of methoxy groups -OCH3 is 1. The normalized spacial score (nSPS) is 16.2. The molecule has 0 aliphatic carbocycles. The van der Waals surface area contributed by atoms with Gasteiger partial charge in [-0.2, -0.15) is 0 Å². The third kappa shape index (κ3) is 5.26. The first kappa shape index (κ1) is 21.0. The summed E-state index contributed by atoms with van der Waals surface area (Å²) in [6.45, 7) is 3.29. The summed E-state index contributed by atoms with van der Waals surface area (Å²) in [4.78, 5) is 19.1. The molecular formula is C25H28N2O4. The van der Waals surface area contributed by atoms with Crippen LogP contribution >= 0.6 is 0 Å². The minimum Gasteiger partial charge on any atom is -0.493 e. The number of aryl methyl sites for hydroxylation is 1. The molecule has 31 heavy (non-hydrogen) atoms. The van der Waals surface area contributed by atoms with Gasteiger partial charge < -0.3 is 18.8 Å². The van der Waals surface area contributed by atoms with E-state index >= 15 is 0 Å². The van der Waals surface area contributed by atoms with Crippen molar-refractivity contribution in [1.29, 1.82) is 0 Å². The summed E-state index contributed by atoms with van der Waals surface area (Å²) >= 11 is 0. The highest BCUT2D eigenvalue weighted by Crippen LogP contribution is 2.29. The molecule has 4 rings (SSSR count). The van der Waals surface area contributed by atoms with E-state index in [0.29, 0.717) is 23.9 Å². The van der Waals surface area contributed by atoms with Gasteiger partial charge in [-0.25, -0.2) is 4.98 Å². The lowest BCUT2D eigenvalue weighted by Gasteiger charge is -2.31. The van der Waals surface area contributed by atoms with Crippen LogP contribution in [0.1, 0.15) is 41.5 Å². The monoisotopic (exact) mass is 420 g/mol. The highest BCUT2D eigenvalue weighted by molar-refractivity contribution is 5.78. The SMILES string of the molecule is COc1cc(C)ccc1OCC(=O)N1CCCC(c2ncc(Cc3ccccc3)o2)C1. The van der Waals surface area contributed by atoms with E-state index in [-0.39, 0.29) is 18.4 Å². The molecule has 0 bridgehead atoms. The molecule has 162 valence electrons. The van der Waals surface area contributed by atoms with Gasteiger partial charge in [-0.3, -0.25) is 4.79 Å². The number of likely N-dealkylation sites (tertiary alicyclic amines) is 1. The Morgan fingerprint density at radius 2 is 2.03 bits per heavy atom. The second kappa shape index (κ2) is 9.69. The number of carbonyl (C=O) groups excluding carboxylic acids is 1. The third-order valence-corrected chi connectivity index (χ3v) is 5.59. The first-order chi connectivity index (χ1) is 15.1. The molecule has 0 saturated carbocycles. The van der Waals surface area contributed by atoms with Crippen molar-refractivity contribution in [2.75, 3.05) is 26.8 Å². The molecule has 6 nitrogen and oxygen atoms in total. The minimum atomic E-state index is -0.0385. The topological polar surface area (TPSA) is 64.8 Å². The van der Waals surface area contributed by atoms with E-state index in [1.165, 1.54) is 5.56 Å². The average molecular weight is 421 g/mol. The van der Waals surface area contributed by atoms with Crippen LogP contribution in [0.2, 0.25) is 0 Å². The molecule has 1 amide bonds. The largest absolute Gasteiger partial charge is 0.493 e. The molecule has 1 aromatic heterocycles. The third-order valence-electron chi connectivity index (χ3n) is 5.59. The number of benzene rings is 2. The van der Waals surface area contributed by atoms with Gasteiger partial charge in [0.25, 0.3) is 5.91 Å². The maximum atomic E-state index is 12.8. The fourth-order valence-corrected chi connectivity index (χ4v) is 3.92. The number of ether oxygens (including phenoxy) is 2. The predicted molar refractivity (Wildman–Crippen MR) is 118 cm³/mol. The van der Waals surface area contributed by atoms with Crippen LogP contribution < -0.4 is 9.47 Å². The molecule has 1 aliphatic rings. The lowest BCUT2D eigenvalue weighted by atomic mass is 9.98. The van der Waals surface area contributed by atoms with Crippen molar-refractivity contribution in [2.45, 2.75) is 32.1 Å². The van der Waals surface area contributed by atoms with E-state index in [0.717, 1.165) is 37.1 Å². The van der Waals surface area contributed by atoms with E-state index in [1.807, 2.05) is 48.2 Å². The number of rotatable bonds is 7. The fraction of sp³-hybridized carbons (Fsp3) is 0.360. The van der Waals surface area contributed by atoms with Crippen LogP contribution in [-0.4, -0.2) is 42.6 Å². The van der Waals surface area contributed by atoms with Gasteiger partial charge in [-0.1, -0.05) is 36.4 Å². The number of hydrogen-bond acceptors (Lipinski definition) is 5. The van der Waals surface area contributed by atoms with Gasteiger partial charge in [0.05, 0.1) is 19.2 Å². The van der Waals surface area contributed by atoms with Gasteiger partial charge in [0, 0.05) is 19.5 Å². The molecule has 1 atom stereocenters. The zero-order valence-corrected chi connectivity index (χ0v) is 18.0. The van der Waals surface area contributed by atoms with Gasteiger partial charge in [0.2, 0.25) is 0 Å². The molecule has 1 saturated heterocycles. The number of piperidine rings is 1. The maximum absolute atomic E-state index is 12.8. The molecule has 0 radical (unpaired) electrons. The van der Waals surface area contributed by atoms with E-state index in [9.17, 15) is 4.79 Å². The summed E-state index contributed by atoms with van der Waals surface area (Å²) in [7, 11) is 1.60. The molecular weight excluding hydrogens is 392 g/mol. The van der Waals surface area contributed by atoms with Crippen LogP contribution in [0.3, 0.4) is 0 Å². The summed E-state index contributed by atoms with van der Waals surface area (Å²) in [5.41, 5.74) is 2.27. The van der Waals surface area contributed by atoms with Crippen molar-refractivity contribution < 1.29 is 18.7 Å². The number of hydrogen-bond donors (Lipinski definition) is 0. The van der Waals surface area contributed by atoms with Gasteiger partial charge in [0.1, 0.15) is 5.76 Å². The summed E-state index contributed by atoms with van der Waals surface area (Å²) < 4.78 is 17.1. The Morgan fingerprint density at radius 3 is 2.84 bits per heavy atom. The molecule has 1 unspecified atom stereocenters. The van der Waals surface area contributed by atoms with Crippen molar-refractivity contribution in [1.82, 2.24) is 9.88 Å². The highest BCUT2D eigenvalue weighted by atomic mass is 16.5. The summed E-state index contributed by atoms with van der Waals surface area (Å²) in [6, 6.07) is 15.9. The number of nitrogens with zero attached hydrogens (tertiary/aromatic N) is 2. The standard InChI is InChI=1S/C25H28N2O4/c1-18-10-11-22(23(13-18)29-2)30-17-24(28)27-12-6-9-20(16-27)25-26-15-21(31-25)14-19-7-4-3-5-8-19/h3-5,7-8,10-11,13,15,20H,6,9,12,14,16-17H2,1-2H3. The molecule has 2 heterocycles. The lowest BCUT2D eigenvalue weighted by molar-refractivity contribution is -0.134. The van der Waals surface area contributed by atoms with Crippen molar-refractivity contribution >= 4 is 5.91 Å². The second-order valence-corrected chi connectivity index (χ2v) is 7.95. The van der Waals surface area contributed by atoms with Crippen molar-refractivity contribution in [3.05, 3.63) is 77.5 Å². The van der Waals surface area contributed by atoms with Crippen molar-refractivity contribution in [3.63, 3.8) is 0 Å². The van der Waals surface area contributed by atoms with Crippen LogP contribution in [0.4, 0.5) is 0 Å². The fourth-order valence-electron chi connectivity index (χ4n) is 3.92. The Balaban J connectivity index is 1.34. The molecule has 0 spiro atoms. The molecule has 3 aromatic rings. The number of aromatic nitrogens is 1. The van der Waals surface area contributed by atoms with E-state index < -0.39 is 0 Å². The maximum Gasteiger partial charge on any atom is 0.260 e. The summed E-state index contributed by atoms with van der Waals surface area (Å²) in [5.74, 6) is 2.84. The molecule has 6 heteroatoms. The van der Waals surface area contributed by atoms with Crippen molar-refractivity contribution in [2.24, 2.45) is 0 Å². The van der Waals surface area contributed by atoms with E-state index in [2.05, 4.69) is 17.1 Å². The Morgan fingerprint density at radius 1 is 1.19 bits per heavy atom. The van der Waals surface area contributed by atoms with Crippen molar-refractivity contribution in [3.8, 4) is 11.5 Å². The van der Waals surface area contributed by atoms with Crippen LogP contribution in [-0.2, 0) is 11.2 Å². The van der Waals surface area contributed by atoms with Gasteiger partial charge in [-0.05, 0) is 43.0 Å². The van der Waals surface area contributed by atoms with Crippen LogP contribution in [0.25, 0.3) is 0 Å². The molecule has 1 fully saturated rings. The lowest BCUT2D eigenvalue weighted by Crippen LogP contribution is -2.41. The van der Waals surface area contributed by atoms with Gasteiger partial charge in [0.15, 0.2) is 24.0 Å². The minimum absolute atomic E-state index is 0.0169. The highest BCUT2D eigenvalue weighted by Gasteiger charge is 2.28. The Labute approximate surface area is 182 Å². The first-order valence-electron chi connectivity index (χ1n) is 10.7. The van der Waals surface area contributed by atoms with Crippen LogP contribution in [0, 0.1) is 6.92 Å². The molecule has 0 N–H and O–H groups in total. The Hall–Kier alpha value is -3.28. The average Bonchev–Trinajstić information content (AvgIpc) is 3.27. The zero-order chi connectivity index (χ0) is 21.6. The van der Waals surface area contributed by atoms with Crippen LogP contribution in [0.5, 0.6) is 11.5 Å². The number of carbonyl (C=O) groups is 1. The number of oxazole rings is 1. The van der Waals surface area contributed by atoms with E-state index in [4.69, 9.17) is 13.9 Å². The Kier molecular flexibility index (Phi) is 6.55. The first-order valence-corrected chi connectivity index (χ1v) is 10.7. The second-order valence-electron chi connectivity index (χ2n) is 7.95. The predicted octanol–water partition coefficient (Wildman–Crippen LogP) is 4.37. The smallest absolute Gasteiger partial charge is 0.260 e. The number of amides is 1. The quantitative estimate of drug-likeness (QED) is 0.568. The summed E-state index contributed by atoms with van der Waals surface area (Å²) in [5, 5.41) is 0. The molecule has 2 aromatic carbocycles. The van der Waals surface area contributed by atoms with Gasteiger partial charge >= 0.3 is 0 Å².